The number of hydrogen-bond donors (Lipinski definition) is 0. The summed E-state index contributed by atoms with van der Waals surface area (Å²) in [6.07, 6.45) is 4.09. The highest BCUT2D eigenvalue weighted by molar-refractivity contribution is 8.02. The first-order valence-corrected chi connectivity index (χ1v) is 4.62. The van der Waals surface area contributed by atoms with Crippen LogP contribution in [0.2, 0.25) is 0 Å². The molecule has 2 aliphatic heterocycles. The first kappa shape index (κ1) is 6.05. The van der Waals surface area contributed by atoms with Gasteiger partial charge in [0.2, 0.25) is 0 Å². The van der Waals surface area contributed by atoms with E-state index in [0.717, 1.165) is 13.2 Å². The fourth-order valence-electron chi connectivity index (χ4n) is 1.53. The highest BCUT2D eigenvalue weighted by atomic mass is 32.2. The van der Waals surface area contributed by atoms with Crippen LogP contribution in [-0.2, 0) is 4.74 Å². The van der Waals surface area contributed by atoms with Gasteiger partial charge in [0.25, 0.3) is 0 Å². The fraction of sp³-hybridized carbons (Fsp3) is 1.00. The molecule has 1 spiro atoms. The summed E-state index contributed by atoms with van der Waals surface area (Å²) in [5.41, 5.74) is 0. The van der Waals surface area contributed by atoms with Crippen molar-refractivity contribution in [3.05, 3.63) is 0 Å². The van der Waals surface area contributed by atoms with Crippen LogP contribution in [0.3, 0.4) is 0 Å². The van der Waals surface area contributed by atoms with Crippen LogP contribution in [0.4, 0.5) is 0 Å². The Hall–Kier alpha value is 0.310. The maximum Gasteiger partial charge on any atom is 0.0613 e. The van der Waals surface area contributed by atoms with E-state index in [1.54, 1.807) is 0 Å². The molecule has 0 saturated carbocycles. The van der Waals surface area contributed by atoms with Crippen LogP contribution in [0.25, 0.3) is 0 Å². The van der Waals surface area contributed by atoms with Gasteiger partial charge in [-0.2, -0.15) is 11.8 Å². The van der Waals surface area contributed by atoms with Gasteiger partial charge in [-0.05, 0) is 25.0 Å². The molecule has 9 heavy (non-hydrogen) atoms. The second-order valence-corrected chi connectivity index (χ2v) is 4.50. The average Bonchev–Trinajstić information content (AvgIpc) is 1.87. The molecule has 0 aliphatic carbocycles. The summed E-state index contributed by atoms with van der Waals surface area (Å²) < 4.78 is 6.00. The molecule has 0 bridgehead atoms. The van der Waals surface area contributed by atoms with Gasteiger partial charge in [0.05, 0.1) is 6.61 Å². The van der Waals surface area contributed by atoms with E-state index in [1.807, 2.05) is 0 Å². The predicted molar refractivity (Wildman–Crippen MR) is 39.9 cm³/mol. The van der Waals surface area contributed by atoms with E-state index in [-0.39, 0.29) is 0 Å². The van der Waals surface area contributed by atoms with Gasteiger partial charge in [0.15, 0.2) is 0 Å². The van der Waals surface area contributed by atoms with E-state index in [4.69, 9.17) is 4.74 Å². The Morgan fingerprint density at radius 1 is 1.33 bits per heavy atom. The van der Waals surface area contributed by atoms with Crippen molar-refractivity contribution in [3.8, 4) is 0 Å². The van der Waals surface area contributed by atoms with E-state index in [0.29, 0.717) is 4.75 Å². The lowest BCUT2D eigenvalue weighted by Crippen LogP contribution is -2.42. The Balaban J connectivity index is 1.93. The van der Waals surface area contributed by atoms with E-state index >= 15 is 0 Å². The summed E-state index contributed by atoms with van der Waals surface area (Å²) in [5.74, 6) is 1.36. The number of rotatable bonds is 0. The summed E-state index contributed by atoms with van der Waals surface area (Å²) in [6.45, 7) is 2.03. The number of hydrogen-bond acceptors (Lipinski definition) is 2. The molecule has 1 atom stereocenters. The van der Waals surface area contributed by atoms with Crippen molar-refractivity contribution >= 4 is 11.8 Å². The molecular formula is C7H12OS. The molecule has 1 unspecified atom stereocenters. The molecule has 2 fully saturated rings. The molecule has 2 heterocycles. The first-order valence-electron chi connectivity index (χ1n) is 3.63. The Morgan fingerprint density at radius 3 is 2.56 bits per heavy atom. The molecule has 0 N–H and O–H groups in total. The third-order valence-electron chi connectivity index (χ3n) is 2.25. The van der Waals surface area contributed by atoms with Crippen LogP contribution in [-0.4, -0.2) is 23.7 Å². The van der Waals surface area contributed by atoms with Gasteiger partial charge in [-0.15, -0.1) is 0 Å². The quantitative estimate of drug-likeness (QED) is 0.511. The van der Waals surface area contributed by atoms with E-state index in [2.05, 4.69) is 11.8 Å². The van der Waals surface area contributed by atoms with Crippen LogP contribution in [0.15, 0.2) is 0 Å². The zero-order chi connectivity index (χ0) is 6.16. The smallest absolute Gasteiger partial charge is 0.0613 e. The van der Waals surface area contributed by atoms with Gasteiger partial charge >= 0.3 is 0 Å². The van der Waals surface area contributed by atoms with Crippen molar-refractivity contribution in [1.82, 2.24) is 0 Å². The molecule has 2 saturated heterocycles. The molecule has 52 valence electrons. The highest BCUT2D eigenvalue weighted by Crippen LogP contribution is 2.45. The number of ether oxygens (including phenoxy) is 1. The maximum atomic E-state index is 5.41. The van der Waals surface area contributed by atoms with Crippen LogP contribution in [0.5, 0.6) is 0 Å². The molecule has 0 aromatic heterocycles. The van der Waals surface area contributed by atoms with Crippen molar-refractivity contribution < 1.29 is 4.74 Å². The lowest BCUT2D eigenvalue weighted by atomic mass is 9.97. The monoisotopic (exact) mass is 144 g/mol. The zero-order valence-corrected chi connectivity index (χ0v) is 6.38. The average molecular weight is 144 g/mol. The van der Waals surface area contributed by atoms with Gasteiger partial charge in [0, 0.05) is 11.4 Å². The van der Waals surface area contributed by atoms with Crippen molar-refractivity contribution in [3.63, 3.8) is 0 Å². The second kappa shape index (κ2) is 2.17. The Bertz CT molecular complexity index is 101. The minimum Gasteiger partial charge on any atom is -0.380 e. The summed E-state index contributed by atoms with van der Waals surface area (Å²) in [4.78, 5) is 0. The van der Waals surface area contributed by atoms with Gasteiger partial charge in [-0.25, -0.2) is 0 Å². The predicted octanol–water partition coefficient (Wildman–Crippen LogP) is 1.67. The Morgan fingerprint density at radius 2 is 2.22 bits per heavy atom. The molecule has 0 aromatic carbocycles. The van der Waals surface area contributed by atoms with Crippen LogP contribution >= 0.6 is 11.8 Å². The summed E-state index contributed by atoms with van der Waals surface area (Å²) >= 11 is 2.10. The normalized spacial score (nSPS) is 42.7. The number of thioether (sulfide) groups is 1. The molecule has 2 heteroatoms. The topological polar surface area (TPSA) is 9.23 Å². The first-order chi connectivity index (χ1) is 4.41. The van der Waals surface area contributed by atoms with Crippen molar-refractivity contribution in [2.75, 3.05) is 19.0 Å². The third-order valence-corrected chi connectivity index (χ3v) is 3.80. The van der Waals surface area contributed by atoms with Crippen molar-refractivity contribution in [1.29, 1.82) is 0 Å². The molecule has 1 nitrogen and oxygen atoms in total. The van der Waals surface area contributed by atoms with Crippen molar-refractivity contribution in [2.45, 2.75) is 24.0 Å². The molecular weight excluding hydrogens is 132 g/mol. The fourth-order valence-corrected chi connectivity index (χ4v) is 2.77. The van der Waals surface area contributed by atoms with Crippen LogP contribution < -0.4 is 0 Å². The van der Waals surface area contributed by atoms with E-state index in [1.165, 1.54) is 25.0 Å². The van der Waals surface area contributed by atoms with Crippen LogP contribution in [0, 0.1) is 0 Å². The largest absolute Gasteiger partial charge is 0.380 e. The van der Waals surface area contributed by atoms with E-state index in [9.17, 15) is 0 Å². The van der Waals surface area contributed by atoms with Crippen LogP contribution in [0.1, 0.15) is 19.3 Å². The minimum atomic E-state index is 0.595. The second-order valence-electron chi connectivity index (χ2n) is 2.94. The minimum absolute atomic E-state index is 0.595. The van der Waals surface area contributed by atoms with Gasteiger partial charge in [-0.3, -0.25) is 0 Å². The summed E-state index contributed by atoms with van der Waals surface area (Å²) in [5, 5.41) is 0. The van der Waals surface area contributed by atoms with Gasteiger partial charge in [-0.1, -0.05) is 0 Å². The molecule has 2 rings (SSSR count). The third kappa shape index (κ3) is 0.987. The maximum absolute atomic E-state index is 5.41. The highest BCUT2D eigenvalue weighted by Gasteiger charge is 2.39. The zero-order valence-electron chi connectivity index (χ0n) is 5.56. The molecule has 2 aliphatic rings. The summed E-state index contributed by atoms with van der Waals surface area (Å²) in [7, 11) is 0. The molecule has 0 aromatic rings. The Labute approximate surface area is 60.2 Å². The van der Waals surface area contributed by atoms with Crippen molar-refractivity contribution in [2.24, 2.45) is 0 Å². The molecule has 0 radical (unpaired) electrons. The molecule has 0 amide bonds. The Kier molecular flexibility index (Phi) is 1.46. The lowest BCUT2D eigenvalue weighted by Gasteiger charge is -2.43. The van der Waals surface area contributed by atoms with Gasteiger partial charge in [0.1, 0.15) is 0 Å². The standard InChI is InChI=1S/C7H12OS/c1-2-7(3-5-9-7)6-8-4-1/h1-6H2. The van der Waals surface area contributed by atoms with E-state index < -0.39 is 0 Å². The lowest BCUT2D eigenvalue weighted by molar-refractivity contribution is 0.0642. The summed E-state index contributed by atoms with van der Waals surface area (Å²) in [6, 6.07) is 0. The van der Waals surface area contributed by atoms with Gasteiger partial charge < -0.3 is 4.74 Å². The SMILES string of the molecule is C1COCC2(C1)CCS2.